The van der Waals surface area contributed by atoms with Gasteiger partial charge in [0, 0.05) is 24.6 Å². The van der Waals surface area contributed by atoms with Crippen molar-refractivity contribution < 1.29 is 44.8 Å². The van der Waals surface area contributed by atoms with E-state index in [1.54, 1.807) is 20.8 Å². The number of alkyl halides is 3. The van der Waals surface area contributed by atoms with Gasteiger partial charge in [-0.15, -0.1) is 0 Å². The number of amides is 1. The molecule has 1 rings (SSSR count). The highest BCUT2D eigenvalue weighted by Crippen LogP contribution is 2.30. The molecule has 0 aromatic heterocycles. The maximum absolute atomic E-state index is 12.6. The lowest BCUT2D eigenvalue weighted by Crippen LogP contribution is -2.41. The zero-order valence-corrected chi connectivity index (χ0v) is 15.9. The molecule has 12 heteroatoms. The van der Waals surface area contributed by atoms with Crippen LogP contribution in [0.15, 0.2) is 23.5 Å². The molecule has 1 aliphatic heterocycles. The lowest BCUT2D eigenvalue weighted by molar-refractivity contribution is -0.134. The molecule has 1 heterocycles. The quantitative estimate of drug-likeness (QED) is 0.301. The van der Waals surface area contributed by atoms with Crippen LogP contribution in [0.25, 0.3) is 0 Å². The molecule has 154 valence electrons. The number of hydrogen-bond acceptors (Lipinski definition) is 7. The van der Waals surface area contributed by atoms with Crippen LogP contribution in [0.2, 0.25) is 0 Å². The van der Waals surface area contributed by atoms with Gasteiger partial charge in [0.2, 0.25) is 0 Å². The summed E-state index contributed by atoms with van der Waals surface area (Å²) in [5.41, 5.74) is -6.52. The molecule has 0 radical (unpaired) electrons. The highest BCUT2D eigenvalue weighted by molar-refractivity contribution is 7.87. The topological polar surface area (TPSA) is 99.2 Å². The number of halogens is 3. The fourth-order valence-electron chi connectivity index (χ4n) is 1.91. The molecule has 0 N–H and O–H groups in total. The van der Waals surface area contributed by atoms with E-state index in [1.165, 1.54) is 0 Å². The first kappa shape index (κ1) is 22.8. The summed E-state index contributed by atoms with van der Waals surface area (Å²) in [6.07, 6.45) is 0.834. The molecule has 0 saturated carbocycles. The maximum Gasteiger partial charge on any atom is 0.534 e. The van der Waals surface area contributed by atoms with E-state index in [4.69, 9.17) is 4.74 Å². The average molecular weight is 415 g/mol. The van der Waals surface area contributed by atoms with Crippen LogP contribution in [0.3, 0.4) is 0 Å². The Labute approximate surface area is 154 Å². The number of esters is 1. The Morgan fingerprint density at radius 1 is 1.19 bits per heavy atom. The van der Waals surface area contributed by atoms with Crippen molar-refractivity contribution in [2.45, 2.75) is 38.3 Å². The molecule has 0 aliphatic carbocycles. The minimum Gasteiger partial charge on any atom is -0.466 e. The van der Waals surface area contributed by atoms with Crippen LogP contribution in [0, 0.1) is 0 Å². The van der Waals surface area contributed by atoms with Gasteiger partial charge in [0.15, 0.2) is 0 Å². The number of hydrogen-bond donors (Lipinski definition) is 0. The van der Waals surface area contributed by atoms with E-state index in [0.29, 0.717) is 0 Å². The van der Waals surface area contributed by atoms with E-state index in [9.17, 15) is 31.2 Å². The Morgan fingerprint density at radius 3 is 2.26 bits per heavy atom. The van der Waals surface area contributed by atoms with Gasteiger partial charge in [-0.25, -0.2) is 9.59 Å². The molecule has 0 spiro atoms. The third kappa shape index (κ3) is 6.77. The van der Waals surface area contributed by atoms with Crippen molar-refractivity contribution in [3.8, 4) is 0 Å². The summed E-state index contributed by atoms with van der Waals surface area (Å²) < 4.78 is 74.0. The van der Waals surface area contributed by atoms with E-state index in [1.807, 2.05) is 0 Å². The molecule has 0 unspecified atom stereocenters. The van der Waals surface area contributed by atoms with E-state index >= 15 is 0 Å². The predicted octanol–water partition coefficient (Wildman–Crippen LogP) is 2.48. The summed E-state index contributed by atoms with van der Waals surface area (Å²) in [6, 6.07) is 0. The first-order valence-electron chi connectivity index (χ1n) is 7.63. The van der Waals surface area contributed by atoms with Gasteiger partial charge in [0.1, 0.15) is 11.4 Å². The third-order valence-electron chi connectivity index (χ3n) is 3.10. The summed E-state index contributed by atoms with van der Waals surface area (Å²) in [5, 5.41) is 0. The lowest BCUT2D eigenvalue weighted by Gasteiger charge is -2.31. The number of rotatable bonds is 4. The molecule has 8 nitrogen and oxygen atoms in total. The SMILES string of the molecule is COC(=O)C=CC1=C(OS(=O)(=O)C(F)(F)F)CCN(C(=O)OC(C)(C)C)C1. The molecule has 1 amide bonds. The molecule has 27 heavy (non-hydrogen) atoms. The Kier molecular flexibility index (Phi) is 6.92. The van der Waals surface area contributed by atoms with Crippen molar-refractivity contribution in [2.24, 2.45) is 0 Å². The second kappa shape index (κ2) is 8.19. The van der Waals surface area contributed by atoms with Crippen LogP contribution in [-0.2, 0) is 28.6 Å². The maximum atomic E-state index is 12.6. The Hall–Kier alpha value is -2.24. The third-order valence-corrected chi connectivity index (χ3v) is 4.08. The molecule has 0 atom stereocenters. The number of methoxy groups -OCH3 is 1. The first-order chi connectivity index (χ1) is 12.2. The normalized spacial score (nSPS) is 16.5. The summed E-state index contributed by atoms with van der Waals surface area (Å²) in [6.45, 7) is 4.45. The summed E-state index contributed by atoms with van der Waals surface area (Å²) >= 11 is 0. The van der Waals surface area contributed by atoms with Gasteiger partial charge in [-0.1, -0.05) is 0 Å². The largest absolute Gasteiger partial charge is 0.534 e. The Morgan fingerprint density at radius 2 is 1.78 bits per heavy atom. The van der Waals surface area contributed by atoms with Crippen LogP contribution in [-0.4, -0.2) is 56.7 Å². The Balaban J connectivity index is 3.16. The van der Waals surface area contributed by atoms with Crippen LogP contribution in [0.1, 0.15) is 27.2 Å². The molecule has 0 aromatic carbocycles. The zero-order chi connectivity index (χ0) is 21.0. The van der Waals surface area contributed by atoms with Crippen molar-refractivity contribution in [3.05, 3.63) is 23.5 Å². The lowest BCUT2D eigenvalue weighted by atomic mass is 10.1. The number of ether oxygens (including phenoxy) is 2. The van der Waals surface area contributed by atoms with Gasteiger partial charge in [-0.05, 0) is 26.8 Å². The number of carbonyl (C=O) groups is 2. The van der Waals surface area contributed by atoms with Gasteiger partial charge < -0.3 is 18.6 Å². The van der Waals surface area contributed by atoms with Crippen molar-refractivity contribution in [1.82, 2.24) is 4.90 Å². The van der Waals surface area contributed by atoms with E-state index < -0.39 is 39.0 Å². The van der Waals surface area contributed by atoms with Crippen molar-refractivity contribution in [2.75, 3.05) is 20.2 Å². The standard InChI is InChI=1S/C15H20F3NO7S/c1-14(2,3)25-13(21)19-8-7-11(26-27(22,23)15(16,17)18)10(9-19)5-6-12(20)24-4/h5-6H,7-9H2,1-4H3. The fraction of sp³-hybridized carbons (Fsp3) is 0.600. The molecular formula is C15H20F3NO7S. The summed E-state index contributed by atoms with van der Waals surface area (Å²) in [7, 11) is -4.80. The van der Waals surface area contributed by atoms with Gasteiger partial charge >= 0.3 is 27.7 Å². The van der Waals surface area contributed by atoms with Gasteiger partial charge in [0.25, 0.3) is 0 Å². The minimum atomic E-state index is -5.88. The van der Waals surface area contributed by atoms with Crippen molar-refractivity contribution in [3.63, 3.8) is 0 Å². The van der Waals surface area contributed by atoms with Crippen LogP contribution < -0.4 is 0 Å². The summed E-state index contributed by atoms with van der Waals surface area (Å²) in [5.74, 6) is -1.35. The number of carbonyl (C=O) groups excluding carboxylic acids is 2. The van der Waals surface area contributed by atoms with E-state index in [-0.39, 0.29) is 25.1 Å². The minimum absolute atomic E-state index is 0.106. The highest BCUT2D eigenvalue weighted by Gasteiger charge is 2.49. The van der Waals surface area contributed by atoms with Crippen molar-refractivity contribution in [1.29, 1.82) is 0 Å². The van der Waals surface area contributed by atoms with Gasteiger partial charge in [0.05, 0.1) is 13.7 Å². The monoisotopic (exact) mass is 415 g/mol. The molecular weight excluding hydrogens is 395 g/mol. The molecule has 0 bridgehead atoms. The summed E-state index contributed by atoms with van der Waals surface area (Å²) in [4.78, 5) is 24.5. The van der Waals surface area contributed by atoms with Gasteiger partial charge in [-0.2, -0.15) is 21.6 Å². The van der Waals surface area contributed by atoms with Gasteiger partial charge in [-0.3, -0.25) is 0 Å². The second-order valence-electron chi connectivity index (χ2n) is 6.44. The highest BCUT2D eigenvalue weighted by atomic mass is 32.2. The second-order valence-corrected chi connectivity index (χ2v) is 7.98. The van der Waals surface area contributed by atoms with Crippen LogP contribution in [0.5, 0.6) is 0 Å². The fourth-order valence-corrected chi connectivity index (χ4v) is 2.46. The molecule has 1 aliphatic rings. The van der Waals surface area contributed by atoms with Crippen LogP contribution in [0.4, 0.5) is 18.0 Å². The smallest absolute Gasteiger partial charge is 0.466 e. The average Bonchev–Trinajstić information content (AvgIpc) is 2.50. The Bertz CT molecular complexity index is 748. The predicted molar refractivity (Wildman–Crippen MR) is 86.7 cm³/mol. The van der Waals surface area contributed by atoms with E-state index in [2.05, 4.69) is 8.92 Å². The van der Waals surface area contributed by atoms with E-state index in [0.717, 1.165) is 24.2 Å². The van der Waals surface area contributed by atoms with Crippen molar-refractivity contribution >= 4 is 22.2 Å². The number of nitrogens with zero attached hydrogens (tertiary/aromatic N) is 1. The molecule has 0 fully saturated rings. The molecule has 0 aromatic rings. The zero-order valence-electron chi connectivity index (χ0n) is 15.1. The molecule has 0 saturated heterocycles. The van der Waals surface area contributed by atoms with Crippen LogP contribution >= 0.6 is 0 Å². The first-order valence-corrected chi connectivity index (χ1v) is 9.04.